The molecule has 1 heterocycles. The highest BCUT2D eigenvalue weighted by atomic mass is 32.2. The molecule has 1 aromatic heterocycles. The molecule has 0 aliphatic heterocycles. The van der Waals surface area contributed by atoms with Crippen LogP contribution in [0.5, 0.6) is 0 Å². The van der Waals surface area contributed by atoms with Crippen molar-refractivity contribution in [2.75, 3.05) is 6.26 Å². The van der Waals surface area contributed by atoms with Gasteiger partial charge in [-0.05, 0) is 71.7 Å². The summed E-state index contributed by atoms with van der Waals surface area (Å²) in [7, 11) is -3.36. The Morgan fingerprint density at radius 3 is 2.41 bits per heavy atom. The zero-order valence-electron chi connectivity index (χ0n) is 17.6. The van der Waals surface area contributed by atoms with Crippen LogP contribution in [-0.4, -0.2) is 30.7 Å². The van der Waals surface area contributed by atoms with Gasteiger partial charge in [-0.1, -0.05) is 36.4 Å². The molecule has 3 aromatic carbocycles. The number of aromatic nitrogens is 1. The summed E-state index contributed by atoms with van der Waals surface area (Å²) in [5.41, 5.74) is 5.13. The molecule has 0 bridgehead atoms. The average Bonchev–Trinajstić information content (AvgIpc) is 2.76. The molecule has 0 saturated carbocycles. The van der Waals surface area contributed by atoms with Gasteiger partial charge in [-0.25, -0.2) is 13.2 Å². The summed E-state index contributed by atoms with van der Waals surface area (Å²) in [4.78, 5) is 16.6. The molecule has 1 N–H and O–H groups in total. The highest BCUT2D eigenvalue weighted by Crippen LogP contribution is 2.30. The Kier molecular flexibility index (Phi) is 5.63. The molecule has 4 aromatic rings. The summed E-state index contributed by atoms with van der Waals surface area (Å²) in [5.74, 6) is -1.09. The van der Waals surface area contributed by atoms with Crippen molar-refractivity contribution in [3.05, 3.63) is 95.7 Å². The topological polar surface area (TPSA) is 84.3 Å². The van der Waals surface area contributed by atoms with Gasteiger partial charge in [0.25, 0.3) is 0 Å². The molecule has 0 saturated heterocycles. The molecule has 160 valence electrons. The van der Waals surface area contributed by atoms with E-state index >= 15 is 0 Å². The maximum atomic E-state index is 12.0. The van der Waals surface area contributed by atoms with Crippen molar-refractivity contribution in [1.82, 2.24) is 4.98 Å². The van der Waals surface area contributed by atoms with Crippen molar-refractivity contribution in [2.24, 2.45) is 0 Å². The standard InChI is InChI=1S/C26H21NO4S/c1-17-13-21-7-4-12-27-25(21)23(14-17)20-6-3-5-18(15-20)16-24(26(28)29)19-8-10-22(11-9-19)32(2,30)31/h3-16H,1-2H3,(H,28,29). The molecular formula is C26H21NO4S. The highest BCUT2D eigenvalue weighted by molar-refractivity contribution is 7.90. The van der Waals surface area contributed by atoms with E-state index in [1.165, 1.54) is 24.3 Å². The van der Waals surface area contributed by atoms with E-state index in [-0.39, 0.29) is 10.5 Å². The Balaban J connectivity index is 1.80. The molecule has 4 rings (SSSR count). The lowest BCUT2D eigenvalue weighted by Crippen LogP contribution is -2.01. The molecule has 0 unspecified atom stereocenters. The van der Waals surface area contributed by atoms with Crippen molar-refractivity contribution < 1.29 is 18.3 Å². The number of aliphatic carboxylic acids is 1. The molecule has 0 amide bonds. The number of rotatable bonds is 5. The minimum absolute atomic E-state index is 0.0782. The van der Waals surface area contributed by atoms with E-state index < -0.39 is 15.8 Å². The first-order chi connectivity index (χ1) is 15.2. The first-order valence-corrected chi connectivity index (χ1v) is 11.8. The largest absolute Gasteiger partial charge is 0.478 e. The fraction of sp³-hybridized carbons (Fsp3) is 0.0769. The predicted octanol–water partition coefficient (Wildman–Crippen LogP) is 5.24. The van der Waals surface area contributed by atoms with Crippen molar-refractivity contribution in [3.8, 4) is 11.1 Å². The zero-order chi connectivity index (χ0) is 22.9. The van der Waals surface area contributed by atoms with Crippen molar-refractivity contribution in [3.63, 3.8) is 0 Å². The Labute approximate surface area is 186 Å². The van der Waals surface area contributed by atoms with Gasteiger partial charge in [0.2, 0.25) is 0 Å². The van der Waals surface area contributed by atoms with Gasteiger partial charge < -0.3 is 5.11 Å². The van der Waals surface area contributed by atoms with Gasteiger partial charge in [0.1, 0.15) is 0 Å². The fourth-order valence-electron chi connectivity index (χ4n) is 3.68. The van der Waals surface area contributed by atoms with E-state index in [4.69, 9.17) is 0 Å². The van der Waals surface area contributed by atoms with Gasteiger partial charge in [-0.2, -0.15) is 0 Å². The van der Waals surface area contributed by atoms with Crippen LogP contribution in [0.15, 0.2) is 83.9 Å². The minimum atomic E-state index is -3.36. The second kappa shape index (κ2) is 8.40. The number of sulfone groups is 1. The first kappa shape index (κ1) is 21.5. The van der Waals surface area contributed by atoms with Crippen LogP contribution < -0.4 is 0 Å². The van der Waals surface area contributed by atoms with Crippen LogP contribution in [0.25, 0.3) is 33.7 Å². The maximum absolute atomic E-state index is 12.0. The molecule has 0 fully saturated rings. The van der Waals surface area contributed by atoms with Crippen LogP contribution in [0.1, 0.15) is 16.7 Å². The molecule has 0 spiro atoms. The smallest absolute Gasteiger partial charge is 0.336 e. The van der Waals surface area contributed by atoms with Gasteiger partial charge >= 0.3 is 5.97 Å². The predicted molar refractivity (Wildman–Crippen MR) is 127 cm³/mol. The Morgan fingerprint density at radius 2 is 1.72 bits per heavy atom. The van der Waals surface area contributed by atoms with E-state index in [1.807, 2.05) is 43.3 Å². The number of carbonyl (C=O) groups is 1. The molecule has 6 heteroatoms. The third-order valence-electron chi connectivity index (χ3n) is 5.18. The van der Waals surface area contributed by atoms with E-state index in [0.29, 0.717) is 5.56 Å². The first-order valence-electron chi connectivity index (χ1n) is 9.94. The number of nitrogens with zero attached hydrogens (tertiary/aromatic N) is 1. The van der Waals surface area contributed by atoms with Crippen LogP contribution in [0, 0.1) is 6.92 Å². The number of carboxylic acids is 1. The number of pyridine rings is 1. The molecule has 32 heavy (non-hydrogen) atoms. The number of hydrogen-bond donors (Lipinski definition) is 1. The summed E-state index contributed by atoms with van der Waals surface area (Å²) in [5, 5.41) is 10.8. The van der Waals surface area contributed by atoms with E-state index in [1.54, 1.807) is 12.3 Å². The average molecular weight is 444 g/mol. The number of aryl methyl sites for hydroxylation is 1. The number of benzene rings is 3. The number of carboxylic acid groups (broad SMARTS) is 1. The Hall–Kier alpha value is -3.77. The third-order valence-corrected chi connectivity index (χ3v) is 6.31. The van der Waals surface area contributed by atoms with Gasteiger partial charge in [0, 0.05) is 23.4 Å². The molecule has 5 nitrogen and oxygen atoms in total. The summed E-state index contributed by atoms with van der Waals surface area (Å²) >= 11 is 0. The summed E-state index contributed by atoms with van der Waals surface area (Å²) in [6.45, 7) is 2.03. The SMILES string of the molecule is Cc1cc(-c2cccc(C=C(C(=O)O)c3ccc(S(C)(=O)=O)cc3)c2)c2ncccc2c1. The summed E-state index contributed by atoms with van der Waals surface area (Å²) in [6.07, 6.45) is 4.46. The Bertz CT molecular complexity index is 1470. The highest BCUT2D eigenvalue weighted by Gasteiger charge is 2.14. The van der Waals surface area contributed by atoms with Crippen LogP contribution >= 0.6 is 0 Å². The van der Waals surface area contributed by atoms with Gasteiger partial charge in [0.05, 0.1) is 16.0 Å². The van der Waals surface area contributed by atoms with Crippen LogP contribution in [0.4, 0.5) is 0 Å². The number of fused-ring (bicyclic) bond motifs is 1. The van der Waals surface area contributed by atoms with Gasteiger partial charge in [-0.3, -0.25) is 4.98 Å². The fourth-order valence-corrected chi connectivity index (χ4v) is 4.31. The van der Waals surface area contributed by atoms with Crippen molar-refractivity contribution >= 4 is 38.4 Å². The second-order valence-corrected chi connectivity index (χ2v) is 9.69. The van der Waals surface area contributed by atoms with E-state index in [0.717, 1.165) is 39.4 Å². The van der Waals surface area contributed by atoms with Gasteiger partial charge in [-0.15, -0.1) is 0 Å². The van der Waals surface area contributed by atoms with E-state index in [9.17, 15) is 18.3 Å². The second-order valence-electron chi connectivity index (χ2n) is 7.67. The lowest BCUT2D eigenvalue weighted by atomic mass is 9.96. The molecule has 0 atom stereocenters. The van der Waals surface area contributed by atoms with Crippen LogP contribution in [0.2, 0.25) is 0 Å². The Morgan fingerprint density at radius 1 is 0.969 bits per heavy atom. The van der Waals surface area contributed by atoms with Crippen molar-refractivity contribution in [2.45, 2.75) is 11.8 Å². The minimum Gasteiger partial charge on any atom is -0.478 e. The van der Waals surface area contributed by atoms with Gasteiger partial charge in [0.15, 0.2) is 9.84 Å². The third kappa shape index (κ3) is 4.45. The lowest BCUT2D eigenvalue weighted by molar-refractivity contribution is -0.130. The van der Waals surface area contributed by atoms with Crippen LogP contribution in [0.3, 0.4) is 0 Å². The normalized spacial score (nSPS) is 12.1. The molecular weight excluding hydrogens is 422 g/mol. The summed E-state index contributed by atoms with van der Waals surface area (Å²) in [6, 6.07) is 21.6. The molecule has 0 aliphatic carbocycles. The summed E-state index contributed by atoms with van der Waals surface area (Å²) < 4.78 is 23.4. The maximum Gasteiger partial charge on any atom is 0.336 e. The van der Waals surface area contributed by atoms with Crippen LogP contribution in [-0.2, 0) is 14.6 Å². The quantitative estimate of drug-likeness (QED) is 0.337. The number of hydrogen-bond acceptors (Lipinski definition) is 4. The lowest BCUT2D eigenvalue weighted by Gasteiger charge is -2.09. The van der Waals surface area contributed by atoms with E-state index in [2.05, 4.69) is 17.1 Å². The zero-order valence-corrected chi connectivity index (χ0v) is 18.4. The van der Waals surface area contributed by atoms with Crippen molar-refractivity contribution in [1.29, 1.82) is 0 Å². The monoisotopic (exact) mass is 443 g/mol. The molecule has 0 radical (unpaired) electrons. The molecule has 0 aliphatic rings.